The lowest BCUT2D eigenvalue weighted by Crippen LogP contribution is -2.27. The molecule has 1 aliphatic rings. The molecule has 0 aromatic heterocycles. The van der Waals surface area contributed by atoms with Gasteiger partial charge < -0.3 is 10.1 Å². The average molecular weight is 169 g/mol. The first-order chi connectivity index (χ1) is 5.63. The molecule has 0 spiro atoms. The maximum Gasteiger partial charge on any atom is 0.152 e. The van der Waals surface area contributed by atoms with E-state index in [1.165, 1.54) is 0 Å². The third-order valence-electron chi connectivity index (χ3n) is 1.55. The maximum absolute atomic E-state index is 13.2. The number of allylic oxidation sites excluding steroid dienone is 2. The van der Waals surface area contributed by atoms with Gasteiger partial charge in [-0.05, 0) is 12.5 Å². The van der Waals surface area contributed by atoms with Crippen LogP contribution in [-0.4, -0.2) is 13.2 Å². The van der Waals surface area contributed by atoms with Crippen LogP contribution in [0.2, 0.25) is 0 Å². The highest BCUT2D eigenvalue weighted by Gasteiger charge is 2.15. The van der Waals surface area contributed by atoms with Crippen molar-refractivity contribution < 1.29 is 9.13 Å². The number of halogens is 1. The van der Waals surface area contributed by atoms with E-state index in [9.17, 15) is 4.39 Å². The molecule has 12 heavy (non-hydrogen) atoms. The topological polar surface area (TPSA) is 21.3 Å². The van der Waals surface area contributed by atoms with Crippen LogP contribution in [0.4, 0.5) is 4.39 Å². The van der Waals surface area contributed by atoms with Crippen molar-refractivity contribution in [2.24, 2.45) is 0 Å². The van der Waals surface area contributed by atoms with Crippen molar-refractivity contribution in [3.05, 3.63) is 36.0 Å². The van der Waals surface area contributed by atoms with Gasteiger partial charge >= 0.3 is 0 Å². The molecule has 0 atom stereocenters. The van der Waals surface area contributed by atoms with Crippen molar-refractivity contribution in [2.45, 2.75) is 6.92 Å². The summed E-state index contributed by atoms with van der Waals surface area (Å²) in [5, 5.41) is 2.87. The lowest BCUT2D eigenvalue weighted by Gasteiger charge is -2.21. The normalized spacial score (nSPS) is 21.0. The zero-order chi connectivity index (χ0) is 9.14. The van der Waals surface area contributed by atoms with Gasteiger partial charge in [0.25, 0.3) is 0 Å². The molecule has 2 nitrogen and oxygen atoms in total. The Balaban J connectivity index is 2.90. The predicted octanol–water partition coefficient (Wildman–Crippen LogP) is 1.88. The second-order valence-electron chi connectivity index (χ2n) is 2.67. The van der Waals surface area contributed by atoms with Crippen LogP contribution in [0, 0.1) is 0 Å². The lowest BCUT2D eigenvalue weighted by molar-refractivity contribution is 0.196. The summed E-state index contributed by atoms with van der Waals surface area (Å²) in [6.45, 7) is 9.81. The summed E-state index contributed by atoms with van der Waals surface area (Å²) in [7, 11) is 0. The summed E-state index contributed by atoms with van der Waals surface area (Å²) in [5.74, 6) is -0.0264. The zero-order valence-electron chi connectivity index (χ0n) is 7.11. The van der Waals surface area contributed by atoms with E-state index in [4.69, 9.17) is 4.74 Å². The number of rotatable bonds is 1. The average Bonchev–Trinajstić information content (AvgIpc) is 2.04. The highest BCUT2D eigenvalue weighted by Crippen LogP contribution is 2.20. The molecule has 0 amide bonds. The summed E-state index contributed by atoms with van der Waals surface area (Å²) in [6, 6.07) is 0. The highest BCUT2D eigenvalue weighted by atomic mass is 19.1. The van der Waals surface area contributed by atoms with Crippen LogP contribution in [0.15, 0.2) is 36.0 Å². The predicted molar refractivity (Wildman–Crippen MR) is 46.0 cm³/mol. The molecular formula is C9H12FNO. The summed E-state index contributed by atoms with van der Waals surface area (Å²) < 4.78 is 18.3. The Labute approximate surface area is 71.4 Å². The molecule has 1 heterocycles. The molecule has 0 aliphatic carbocycles. The fourth-order valence-electron chi connectivity index (χ4n) is 0.934. The lowest BCUT2D eigenvalue weighted by atomic mass is 10.2. The van der Waals surface area contributed by atoms with Crippen LogP contribution in [0.3, 0.4) is 0 Å². The van der Waals surface area contributed by atoms with E-state index in [1.54, 1.807) is 6.92 Å². The van der Waals surface area contributed by atoms with Crippen LogP contribution in [0.1, 0.15) is 6.92 Å². The number of nitrogens with one attached hydrogen (secondary N) is 1. The van der Waals surface area contributed by atoms with Gasteiger partial charge in [-0.25, -0.2) is 4.39 Å². The largest absolute Gasteiger partial charge is 0.490 e. The van der Waals surface area contributed by atoms with E-state index < -0.39 is 0 Å². The van der Waals surface area contributed by atoms with Gasteiger partial charge in [0.2, 0.25) is 0 Å². The fourth-order valence-corrected chi connectivity index (χ4v) is 0.934. The van der Waals surface area contributed by atoms with Gasteiger partial charge in [-0.15, -0.1) is 0 Å². The smallest absolute Gasteiger partial charge is 0.152 e. The Morgan fingerprint density at radius 3 is 2.83 bits per heavy atom. The van der Waals surface area contributed by atoms with Gasteiger partial charge in [0.15, 0.2) is 5.83 Å². The van der Waals surface area contributed by atoms with Crippen molar-refractivity contribution in [3.63, 3.8) is 0 Å². The van der Waals surface area contributed by atoms with Crippen molar-refractivity contribution in [3.8, 4) is 0 Å². The standard InChI is InChI=1S/C9H12FNO/c1-6(2)8(10)9-7(3)12-5-4-11-9/h11H,1,3-5H2,2H3/b9-8-. The molecule has 0 radical (unpaired) electrons. The Morgan fingerprint density at radius 1 is 1.67 bits per heavy atom. The third kappa shape index (κ3) is 1.67. The number of ether oxygens (including phenoxy) is 1. The summed E-state index contributed by atoms with van der Waals surface area (Å²) >= 11 is 0. The van der Waals surface area contributed by atoms with Crippen LogP contribution >= 0.6 is 0 Å². The molecule has 0 unspecified atom stereocenters. The SMILES string of the molecule is C=C(C)/C(F)=C1/NCCOC1=C. The van der Waals surface area contributed by atoms with Gasteiger partial charge in [-0.3, -0.25) is 0 Å². The van der Waals surface area contributed by atoms with E-state index in [-0.39, 0.29) is 5.83 Å². The molecule has 0 aromatic carbocycles. The fraction of sp³-hybridized carbons (Fsp3) is 0.333. The second kappa shape index (κ2) is 3.43. The molecule has 1 saturated heterocycles. The molecule has 0 aromatic rings. The third-order valence-corrected chi connectivity index (χ3v) is 1.55. The van der Waals surface area contributed by atoms with Gasteiger partial charge in [-0.2, -0.15) is 0 Å². The van der Waals surface area contributed by atoms with E-state index in [0.717, 1.165) is 0 Å². The molecule has 0 saturated carbocycles. The quantitative estimate of drug-likeness (QED) is 0.647. The van der Waals surface area contributed by atoms with Gasteiger partial charge in [0.05, 0.1) is 0 Å². The Morgan fingerprint density at radius 2 is 2.33 bits per heavy atom. The van der Waals surface area contributed by atoms with E-state index in [0.29, 0.717) is 30.2 Å². The molecule has 66 valence electrons. The van der Waals surface area contributed by atoms with Crippen LogP contribution in [0.25, 0.3) is 0 Å². The second-order valence-corrected chi connectivity index (χ2v) is 2.67. The molecule has 3 heteroatoms. The minimum absolute atomic E-state index is 0.328. The van der Waals surface area contributed by atoms with E-state index >= 15 is 0 Å². The molecule has 1 aliphatic heterocycles. The summed E-state index contributed by atoms with van der Waals surface area (Å²) in [4.78, 5) is 0. The highest BCUT2D eigenvalue weighted by molar-refractivity contribution is 5.35. The van der Waals surface area contributed by atoms with Crippen LogP contribution < -0.4 is 5.32 Å². The minimum atomic E-state index is -0.375. The van der Waals surface area contributed by atoms with Crippen molar-refractivity contribution >= 4 is 0 Å². The Hall–Kier alpha value is -1.25. The van der Waals surface area contributed by atoms with Crippen molar-refractivity contribution in [1.82, 2.24) is 5.32 Å². The van der Waals surface area contributed by atoms with Gasteiger partial charge in [0.1, 0.15) is 18.1 Å². The van der Waals surface area contributed by atoms with Gasteiger partial charge in [0, 0.05) is 6.54 Å². The first-order valence-corrected chi connectivity index (χ1v) is 3.74. The molecule has 1 N–H and O–H groups in total. The minimum Gasteiger partial charge on any atom is -0.490 e. The van der Waals surface area contributed by atoms with Crippen LogP contribution in [-0.2, 0) is 4.74 Å². The Kier molecular flexibility index (Phi) is 2.53. The van der Waals surface area contributed by atoms with Crippen molar-refractivity contribution in [1.29, 1.82) is 0 Å². The Bertz CT molecular complexity index is 255. The molecule has 0 bridgehead atoms. The first-order valence-electron chi connectivity index (χ1n) is 3.74. The first kappa shape index (κ1) is 8.84. The zero-order valence-corrected chi connectivity index (χ0v) is 7.11. The van der Waals surface area contributed by atoms with E-state index in [1.807, 2.05) is 0 Å². The summed E-state index contributed by atoms with van der Waals surface area (Å²) in [6.07, 6.45) is 0. The molecule has 1 rings (SSSR count). The number of hydrogen-bond acceptors (Lipinski definition) is 2. The van der Waals surface area contributed by atoms with Crippen molar-refractivity contribution in [2.75, 3.05) is 13.2 Å². The monoisotopic (exact) mass is 169 g/mol. The van der Waals surface area contributed by atoms with E-state index in [2.05, 4.69) is 18.5 Å². The van der Waals surface area contributed by atoms with Gasteiger partial charge in [-0.1, -0.05) is 13.2 Å². The molecule has 1 fully saturated rings. The maximum atomic E-state index is 13.2. The number of hydrogen-bond donors (Lipinski definition) is 1. The van der Waals surface area contributed by atoms with Crippen LogP contribution in [0.5, 0.6) is 0 Å². The molecular weight excluding hydrogens is 157 g/mol. The number of morpholine rings is 1. The summed E-state index contributed by atoms with van der Waals surface area (Å²) in [5.41, 5.74) is 0.706.